The molecule has 0 atom stereocenters. The summed E-state index contributed by atoms with van der Waals surface area (Å²) in [5, 5.41) is 6.94. The summed E-state index contributed by atoms with van der Waals surface area (Å²) < 4.78 is 16.8. The summed E-state index contributed by atoms with van der Waals surface area (Å²) in [6.45, 7) is 27.5. The Balaban J connectivity index is 1.15. The second-order valence-corrected chi connectivity index (χ2v) is 25.8. The van der Waals surface area contributed by atoms with Crippen molar-refractivity contribution in [3.63, 3.8) is 0 Å². The molecule has 0 amide bonds. The highest BCUT2D eigenvalue weighted by molar-refractivity contribution is 6.90. The maximum Gasteiger partial charge on any atom is 0.333 e. The Morgan fingerprint density at radius 1 is 0.408 bits per heavy atom. The van der Waals surface area contributed by atoms with E-state index >= 15 is 0 Å². The Labute approximate surface area is 446 Å². The van der Waals surface area contributed by atoms with Crippen LogP contribution in [0.4, 0.5) is 34.1 Å². The maximum atomic E-state index is 7.07. The summed E-state index contributed by atoms with van der Waals surface area (Å²) >= 11 is 0. The molecular weight excluding hydrogens is 926 g/mol. The summed E-state index contributed by atoms with van der Waals surface area (Å²) in [5.41, 5.74) is 22.4. The predicted molar refractivity (Wildman–Crippen MR) is 324 cm³/mol. The molecule has 0 fully saturated rings. The van der Waals surface area contributed by atoms with E-state index in [1.165, 1.54) is 66.1 Å². The van der Waals surface area contributed by atoms with Gasteiger partial charge in [-0.25, -0.2) is 0 Å². The molecule has 9 aromatic carbocycles. The number of nitrogens with zero attached hydrogens (tertiary/aromatic N) is 3. The molecule has 76 heavy (non-hydrogen) atoms. The number of benzene rings is 9. The lowest BCUT2D eigenvalue weighted by Crippen LogP contribution is -2.56. The van der Waals surface area contributed by atoms with Crippen LogP contribution in [0.3, 0.4) is 0 Å². The smallest absolute Gasteiger partial charge is 0.333 e. The Kier molecular flexibility index (Phi) is 9.68. The van der Waals surface area contributed by atoms with Gasteiger partial charge in [-0.3, -0.25) is 0 Å². The Bertz CT molecular complexity index is 4330. The van der Waals surface area contributed by atoms with Gasteiger partial charge in [0.2, 0.25) is 0 Å². The van der Waals surface area contributed by atoms with Crippen molar-refractivity contribution < 1.29 is 8.83 Å². The Morgan fingerprint density at radius 2 is 0.974 bits per heavy atom. The van der Waals surface area contributed by atoms with Crippen molar-refractivity contribution in [1.29, 1.82) is 0 Å². The summed E-state index contributed by atoms with van der Waals surface area (Å²) in [7, 11) is 0. The molecule has 0 bridgehead atoms. The van der Waals surface area contributed by atoms with E-state index in [0.717, 1.165) is 78.0 Å². The van der Waals surface area contributed by atoms with E-state index in [2.05, 4.69) is 267 Å². The second kappa shape index (κ2) is 15.8. The molecule has 0 spiro atoms. The lowest BCUT2D eigenvalue weighted by molar-refractivity contribution is 0.590. The highest BCUT2D eigenvalue weighted by Crippen LogP contribution is 2.53. The largest absolute Gasteiger partial charge is 0.456 e. The monoisotopic (exact) mass is 990 g/mol. The molecule has 0 aliphatic carbocycles. The third-order valence-corrected chi connectivity index (χ3v) is 16.8. The third-order valence-electron chi connectivity index (χ3n) is 16.8. The maximum absolute atomic E-state index is 7.07. The van der Waals surface area contributed by atoms with Crippen LogP contribution in [-0.2, 0) is 21.7 Å². The minimum atomic E-state index is -0.231. The summed E-state index contributed by atoms with van der Waals surface area (Å²) in [6, 6.07) is 64.0. The van der Waals surface area contributed by atoms with Crippen LogP contribution in [0.25, 0.3) is 76.8 Å². The van der Waals surface area contributed by atoms with E-state index in [9.17, 15) is 0 Å². The highest BCUT2D eigenvalue weighted by Gasteiger charge is 2.46. The summed E-state index contributed by atoms with van der Waals surface area (Å²) in [6.07, 6.45) is 0. The van der Waals surface area contributed by atoms with Crippen molar-refractivity contribution >= 4 is 118 Å². The van der Waals surface area contributed by atoms with E-state index in [4.69, 9.17) is 8.83 Å². The number of hydrogen-bond acceptors (Lipinski definition) is 4. The van der Waals surface area contributed by atoms with Crippen molar-refractivity contribution in [2.75, 3.05) is 9.80 Å². The van der Waals surface area contributed by atoms with Crippen LogP contribution in [0.5, 0.6) is 0 Å². The van der Waals surface area contributed by atoms with Crippen molar-refractivity contribution in [2.45, 2.75) is 105 Å². The highest BCUT2D eigenvalue weighted by atomic mass is 16.3. The molecule has 0 saturated carbocycles. The number of aromatic nitrogens is 1. The fourth-order valence-corrected chi connectivity index (χ4v) is 12.6. The molecule has 5 heterocycles. The minimum Gasteiger partial charge on any atom is -0.456 e. The molecule has 2 aliphatic heterocycles. The third kappa shape index (κ3) is 6.84. The number of fused-ring (bicyclic) bond motifs is 14. The van der Waals surface area contributed by atoms with Gasteiger partial charge in [0.05, 0.1) is 16.8 Å². The first-order valence-corrected chi connectivity index (χ1v) is 27.2. The van der Waals surface area contributed by atoms with E-state index < -0.39 is 0 Å². The van der Waals surface area contributed by atoms with Crippen molar-refractivity contribution in [3.8, 4) is 11.1 Å². The van der Waals surface area contributed by atoms with E-state index in [0.29, 0.717) is 0 Å². The molecule has 0 unspecified atom stereocenters. The predicted octanol–water partition coefficient (Wildman–Crippen LogP) is 18.7. The van der Waals surface area contributed by atoms with E-state index in [1.54, 1.807) is 0 Å². The van der Waals surface area contributed by atoms with Crippen LogP contribution in [0.1, 0.15) is 105 Å². The molecule has 14 rings (SSSR count). The number of para-hydroxylation sites is 3. The summed E-state index contributed by atoms with van der Waals surface area (Å²) in [4.78, 5) is 4.99. The first-order valence-electron chi connectivity index (χ1n) is 27.2. The van der Waals surface area contributed by atoms with Crippen molar-refractivity contribution in [2.24, 2.45) is 0 Å². The zero-order valence-electron chi connectivity index (χ0n) is 45.9. The van der Waals surface area contributed by atoms with Crippen LogP contribution in [0, 0.1) is 0 Å². The van der Waals surface area contributed by atoms with Gasteiger partial charge in [-0.05, 0) is 151 Å². The quantitative estimate of drug-likeness (QED) is 0.165. The lowest BCUT2D eigenvalue weighted by atomic mass is 9.44. The van der Waals surface area contributed by atoms with Gasteiger partial charge in [0.25, 0.3) is 0 Å². The first kappa shape index (κ1) is 46.6. The van der Waals surface area contributed by atoms with Crippen LogP contribution >= 0.6 is 0 Å². The van der Waals surface area contributed by atoms with E-state index in [1.807, 2.05) is 0 Å². The molecule has 6 heteroatoms. The van der Waals surface area contributed by atoms with Gasteiger partial charge in [0, 0.05) is 66.3 Å². The molecule has 0 saturated heterocycles. The van der Waals surface area contributed by atoms with Crippen LogP contribution < -0.4 is 20.7 Å². The topological polar surface area (TPSA) is 37.7 Å². The summed E-state index contributed by atoms with van der Waals surface area (Å²) in [5.74, 6) is 0. The van der Waals surface area contributed by atoms with Gasteiger partial charge in [-0.1, -0.05) is 162 Å². The van der Waals surface area contributed by atoms with E-state index in [-0.39, 0.29) is 28.5 Å². The fourth-order valence-electron chi connectivity index (χ4n) is 12.6. The van der Waals surface area contributed by atoms with Crippen LogP contribution in [-0.4, -0.2) is 11.3 Å². The Hall–Kier alpha value is -7.96. The molecule has 12 aromatic rings. The molecule has 3 aromatic heterocycles. The molecule has 374 valence electrons. The van der Waals surface area contributed by atoms with Crippen LogP contribution in [0.15, 0.2) is 179 Å². The number of furan rings is 2. The normalized spacial score (nSPS) is 13.7. The second-order valence-electron chi connectivity index (χ2n) is 25.8. The Morgan fingerprint density at radius 3 is 1.62 bits per heavy atom. The minimum absolute atomic E-state index is 0.00988. The van der Waals surface area contributed by atoms with Crippen molar-refractivity contribution in [1.82, 2.24) is 4.48 Å². The molecule has 2 aliphatic rings. The van der Waals surface area contributed by atoms with Gasteiger partial charge in [0.1, 0.15) is 16.7 Å². The molecule has 0 radical (unpaired) electrons. The van der Waals surface area contributed by atoms with Gasteiger partial charge < -0.3 is 23.1 Å². The van der Waals surface area contributed by atoms with Gasteiger partial charge in [-0.2, -0.15) is 0 Å². The number of anilines is 6. The number of hydrogen-bond donors (Lipinski definition) is 0. The fraction of sp³-hybridized carbons (Fsp3) is 0.229. The molecule has 5 nitrogen and oxygen atoms in total. The van der Waals surface area contributed by atoms with Gasteiger partial charge in [-0.15, -0.1) is 0 Å². The van der Waals surface area contributed by atoms with Crippen molar-refractivity contribution in [3.05, 3.63) is 192 Å². The average molecular weight is 990 g/mol. The van der Waals surface area contributed by atoms with Gasteiger partial charge in [0.15, 0.2) is 5.58 Å². The zero-order valence-corrected chi connectivity index (χ0v) is 45.9. The molecular formula is C70H64BN3O2. The van der Waals surface area contributed by atoms with Crippen LogP contribution in [0.2, 0.25) is 0 Å². The van der Waals surface area contributed by atoms with Gasteiger partial charge >= 0.3 is 6.85 Å². The molecule has 0 N–H and O–H groups in total. The lowest BCUT2D eigenvalue weighted by Gasteiger charge is -2.41. The standard InChI is InChI=1S/C70H64BN3O2/c1-67(2,3)41-24-29-45(30-25-41)72(46-31-26-42(27-32-46)68(4,5)6)47-33-35-57-55(39-47)71-63-52(54-38-44(70(10,11)12)37-53-51-36-43(69(7,8)9)28-34-56(51)74(71)64(53)54)40-61-62(50-19-14-16-23-60(50)75-61)65(63)73(57)58-21-17-20-49-48-18-13-15-22-59(48)76-66(49)58/h13-40H,1-12H3. The number of rotatable bonds is 4. The average Bonchev–Trinajstić information content (AvgIpc) is 3.87. The SMILES string of the molecule is CC(C)(C)c1ccc(N(c2ccc(C(C)(C)C)cc2)c2ccc3c(c2)B2c4c(cc5oc6ccccc6c5c4N3c3cccc4c3oc3ccccc34)-c3cc(C(C)(C)C)cc4c5cc(C(C)(C)C)ccc5n2c34)cc1. The first-order chi connectivity index (χ1) is 36.2. The zero-order chi connectivity index (χ0) is 52.5.